The van der Waals surface area contributed by atoms with Gasteiger partial charge in [-0.1, -0.05) is 6.07 Å². The smallest absolute Gasteiger partial charge is 0.128 e. The summed E-state index contributed by atoms with van der Waals surface area (Å²) in [7, 11) is 0. The molecule has 2 aromatic heterocycles. The van der Waals surface area contributed by atoms with Crippen LogP contribution in [0.15, 0.2) is 41.2 Å². The van der Waals surface area contributed by atoms with Crippen LogP contribution in [0.25, 0.3) is 0 Å². The van der Waals surface area contributed by atoms with Gasteiger partial charge in [0, 0.05) is 32.4 Å². The van der Waals surface area contributed by atoms with Crippen molar-refractivity contribution in [3.63, 3.8) is 0 Å². The predicted octanol–water partition coefficient (Wildman–Crippen LogP) is 3.73. The molecule has 4 rings (SSSR count). The number of piperazine rings is 1. The van der Waals surface area contributed by atoms with Crippen molar-refractivity contribution in [2.75, 3.05) is 37.6 Å². The Kier molecular flexibility index (Phi) is 5.57. The highest BCUT2D eigenvalue weighted by Gasteiger charge is 2.35. The lowest BCUT2D eigenvalue weighted by Gasteiger charge is -2.38. The van der Waals surface area contributed by atoms with E-state index < -0.39 is 5.60 Å². The van der Waals surface area contributed by atoms with Gasteiger partial charge in [-0.3, -0.25) is 4.90 Å². The van der Waals surface area contributed by atoms with Crippen LogP contribution in [0.2, 0.25) is 0 Å². The number of hydrogen-bond donors (Lipinski definition) is 1. The summed E-state index contributed by atoms with van der Waals surface area (Å²) in [6, 6.07) is 8.23. The van der Waals surface area contributed by atoms with Crippen molar-refractivity contribution in [3.05, 3.63) is 46.8 Å². The molecule has 26 heavy (non-hydrogen) atoms. The zero-order valence-electron chi connectivity index (χ0n) is 15.4. The summed E-state index contributed by atoms with van der Waals surface area (Å²) in [6.45, 7) is 5.58. The minimum atomic E-state index is -0.565. The van der Waals surface area contributed by atoms with Gasteiger partial charge in [0.25, 0.3) is 0 Å². The quantitative estimate of drug-likeness (QED) is 0.869. The summed E-state index contributed by atoms with van der Waals surface area (Å²) in [4.78, 5) is 9.45. The molecule has 2 fully saturated rings. The van der Waals surface area contributed by atoms with Gasteiger partial charge in [-0.15, -0.1) is 0 Å². The molecule has 4 nitrogen and oxygen atoms in total. The number of rotatable bonds is 5. The van der Waals surface area contributed by atoms with E-state index in [1.54, 1.807) is 11.3 Å². The van der Waals surface area contributed by atoms with Crippen LogP contribution in [0.4, 0.5) is 5.82 Å². The maximum atomic E-state index is 10.9. The molecule has 0 aromatic carbocycles. The number of hydrogen-bond acceptors (Lipinski definition) is 5. The first-order valence-corrected chi connectivity index (χ1v) is 10.8. The molecule has 1 N–H and O–H groups in total. The molecule has 0 unspecified atom stereocenters. The number of anilines is 1. The molecule has 0 bridgehead atoms. The van der Waals surface area contributed by atoms with Crippen molar-refractivity contribution < 1.29 is 5.11 Å². The van der Waals surface area contributed by atoms with E-state index in [1.807, 2.05) is 12.3 Å². The fraction of sp³-hybridized carbons (Fsp3) is 0.571. The molecule has 1 saturated carbocycles. The molecule has 0 atom stereocenters. The third kappa shape index (κ3) is 4.11. The average molecular weight is 372 g/mol. The van der Waals surface area contributed by atoms with Crippen molar-refractivity contribution >= 4 is 17.2 Å². The van der Waals surface area contributed by atoms with Crippen LogP contribution in [0.1, 0.15) is 37.7 Å². The van der Waals surface area contributed by atoms with Gasteiger partial charge in [-0.05, 0) is 79.1 Å². The molecule has 1 saturated heterocycles. The van der Waals surface area contributed by atoms with Crippen molar-refractivity contribution in [2.24, 2.45) is 5.92 Å². The Morgan fingerprint density at radius 2 is 1.92 bits per heavy atom. The SMILES string of the molecule is OC1(c2ccsc2)CCC(CCN2CCN(c3ccccn3)CC2)CC1. The Morgan fingerprint density at radius 3 is 2.58 bits per heavy atom. The molecule has 0 radical (unpaired) electrons. The summed E-state index contributed by atoms with van der Waals surface area (Å²) >= 11 is 1.69. The lowest BCUT2D eigenvalue weighted by atomic mass is 9.75. The molecule has 5 heteroatoms. The Morgan fingerprint density at radius 1 is 1.12 bits per heavy atom. The van der Waals surface area contributed by atoms with Crippen LogP contribution in [0.5, 0.6) is 0 Å². The van der Waals surface area contributed by atoms with E-state index in [9.17, 15) is 5.11 Å². The van der Waals surface area contributed by atoms with E-state index in [-0.39, 0.29) is 0 Å². The van der Waals surface area contributed by atoms with Gasteiger partial charge in [0.05, 0.1) is 5.60 Å². The number of aliphatic hydroxyl groups is 1. The summed E-state index contributed by atoms with van der Waals surface area (Å²) in [5.74, 6) is 1.87. The van der Waals surface area contributed by atoms with Crippen molar-refractivity contribution in [2.45, 2.75) is 37.7 Å². The summed E-state index contributed by atoms with van der Waals surface area (Å²) in [6.07, 6.45) is 7.29. The highest BCUT2D eigenvalue weighted by atomic mass is 32.1. The molecule has 1 aliphatic carbocycles. The van der Waals surface area contributed by atoms with Crippen LogP contribution in [0, 0.1) is 5.92 Å². The van der Waals surface area contributed by atoms with E-state index in [0.717, 1.165) is 69.2 Å². The van der Waals surface area contributed by atoms with E-state index in [0.29, 0.717) is 0 Å². The second kappa shape index (κ2) is 8.07. The fourth-order valence-electron chi connectivity index (χ4n) is 4.37. The molecular weight excluding hydrogens is 342 g/mol. The Bertz CT molecular complexity index is 660. The lowest BCUT2D eigenvalue weighted by Crippen LogP contribution is -2.47. The van der Waals surface area contributed by atoms with Gasteiger partial charge in [0.15, 0.2) is 0 Å². The van der Waals surface area contributed by atoms with E-state index >= 15 is 0 Å². The second-order valence-electron chi connectivity index (χ2n) is 7.79. The fourth-order valence-corrected chi connectivity index (χ4v) is 5.12. The predicted molar refractivity (Wildman–Crippen MR) is 108 cm³/mol. The number of thiophene rings is 1. The monoisotopic (exact) mass is 371 g/mol. The second-order valence-corrected chi connectivity index (χ2v) is 8.57. The summed E-state index contributed by atoms with van der Waals surface area (Å²) < 4.78 is 0. The van der Waals surface area contributed by atoms with Crippen LogP contribution in [-0.4, -0.2) is 47.7 Å². The van der Waals surface area contributed by atoms with Gasteiger partial charge >= 0.3 is 0 Å². The number of pyridine rings is 1. The molecule has 3 heterocycles. The molecule has 140 valence electrons. The Labute approximate surface area is 160 Å². The molecule has 0 spiro atoms. The standard InChI is InChI=1S/C21H29N3OS/c25-21(19-7-16-26-17-19)8-4-18(5-9-21)6-11-23-12-14-24(15-13-23)20-3-1-2-10-22-20/h1-3,7,10,16-18,25H,4-6,8-9,11-15H2. The van der Waals surface area contributed by atoms with Crippen molar-refractivity contribution in [1.82, 2.24) is 9.88 Å². The largest absolute Gasteiger partial charge is 0.385 e. The number of nitrogens with zero attached hydrogens (tertiary/aromatic N) is 3. The summed E-state index contributed by atoms with van der Waals surface area (Å²) in [5.41, 5.74) is 0.566. The zero-order chi connectivity index (χ0) is 17.8. The number of aromatic nitrogens is 1. The Hall–Kier alpha value is -1.43. The van der Waals surface area contributed by atoms with Crippen molar-refractivity contribution in [3.8, 4) is 0 Å². The van der Waals surface area contributed by atoms with Crippen molar-refractivity contribution in [1.29, 1.82) is 0 Å². The van der Waals surface area contributed by atoms with Gasteiger partial charge in [-0.25, -0.2) is 4.98 Å². The van der Waals surface area contributed by atoms with Crippen LogP contribution in [-0.2, 0) is 5.60 Å². The molecule has 1 aliphatic heterocycles. The van der Waals surface area contributed by atoms with Gasteiger partial charge in [0.1, 0.15) is 5.82 Å². The van der Waals surface area contributed by atoms with Gasteiger partial charge in [0.2, 0.25) is 0 Å². The van der Waals surface area contributed by atoms with E-state index in [2.05, 4.69) is 43.7 Å². The van der Waals surface area contributed by atoms with E-state index in [4.69, 9.17) is 0 Å². The van der Waals surface area contributed by atoms with Gasteiger partial charge in [-0.2, -0.15) is 11.3 Å². The lowest BCUT2D eigenvalue weighted by molar-refractivity contribution is -0.0158. The van der Waals surface area contributed by atoms with Crippen LogP contribution in [0.3, 0.4) is 0 Å². The van der Waals surface area contributed by atoms with E-state index in [1.165, 1.54) is 13.0 Å². The third-order valence-corrected chi connectivity index (χ3v) is 6.87. The minimum Gasteiger partial charge on any atom is -0.385 e. The zero-order valence-corrected chi connectivity index (χ0v) is 16.2. The van der Waals surface area contributed by atoms with Crippen LogP contribution >= 0.6 is 11.3 Å². The minimum absolute atomic E-state index is 0.565. The molecule has 0 amide bonds. The topological polar surface area (TPSA) is 39.6 Å². The maximum absolute atomic E-state index is 10.9. The van der Waals surface area contributed by atoms with Crippen LogP contribution < -0.4 is 4.90 Å². The summed E-state index contributed by atoms with van der Waals surface area (Å²) in [5, 5.41) is 15.1. The highest BCUT2D eigenvalue weighted by molar-refractivity contribution is 7.08. The third-order valence-electron chi connectivity index (χ3n) is 6.19. The first kappa shape index (κ1) is 18.0. The molecule has 2 aliphatic rings. The molecular formula is C21H29N3OS. The first-order chi connectivity index (χ1) is 12.7. The normalized spacial score (nSPS) is 27.6. The maximum Gasteiger partial charge on any atom is 0.128 e. The average Bonchev–Trinajstić information content (AvgIpc) is 3.25. The van der Waals surface area contributed by atoms with Gasteiger partial charge < -0.3 is 10.0 Å². The Balaban J connectivity index is 1.19. The molecule has 2 aromatic rings. The first-order valence-electron chi connectivity index (χ1n) is 9.86. The highest BCUT2D eigenvalue weighted by Crippen LogP contribution is 2.41.